The Bertz CT molecular complexity index is 943. The van der Waals surface area contributed by atoms with Gasteiger partial charge in [-0.3, -0.25) is 9.88 Å². The molecular formula is C22H27N3O. The maximum absolute atomic E-state index is 11.2. The van der Waals surface area contributed by atoms with Crippen LogP contribution in [-0.4, -0.2) is 32.6 Å². The molecule has 3 heterocycles. The topological polar surface area (TPSA) is 41.3 Å². The predicted molar refractivity (Wildman–Crippen MR) is 105 cm³/mol. The second-order valence-electron chi connectivity index (χ2n) is 8.01. The van der Waals surface area contributed by atoms with E-state index >= 15 is 0 Å². The number of benzene rings is 1. The molecule has 2 unspecified atom stereocenters. The lowest BCUT2D eigenvalue weighted by Gasteiger charge is -2.32. The number of aryl methyl sites for hydroxylation is 1. The molecule has 0 fully saturated rings. The van der Waals surface area contributed by atoms with Crippen LogP contribution in [0.3, 0.4) is 0 Å². The summed E-state index contributed by atoms with van der Waals surface area (Å²) >= 11 is 0. The van der Waals surface area contributed by atoms with Gasteiger partial charge in [-0.25, -0.2) is 0 Å². The zero-order valence-corrected chi connectivity index (χ0v) is 16.0. The van der Waals surface area contributed by atoms with Crippen molar-refractivity contribution in [2.24, 2.45) is 0 Å². The van der Waals surface area contributed by atoms with Crippen LogP contribution in [0.25, 0.3) is 10.9 Å². The van der Waals surface area contributed by atoms with Gasteiger partial charge in [-0.1, -0.05) is 11.6 Å². The van der Waals surface area contributed by atoms with E-state index in [0.717, 1.165) is 18.5 Å². The number of pyridine rings is 1. The Hall–Kier alpha value is -2.17. The number of likely N-dealkylation sites (N-methyl/N-ethyl adjacent to an activating group) is 1. The molecule has 0 aliphatic carbocycles. The van der Waals surface area contributed by atoms with Gasteiger partial charge in [0.05, 0.1) is 6.54 Å². The monoisotopic (exact) mass is 349 g/mol. The van der Waals surface area contributed by atoms with Crippen molar-refractivity contribution in [1.29, 1.82) is 0 Å². The molecule has 0 amide bonds. The molecule has 0 spiro atoms. The second-order valence-corrected chi connectivity index (χ2v) is 8.01. The third-order valence-corrected chi connectivity index (χ3v) is 5.86. The van der Waals surface area contributed by atoms with Crippen molar-refractivity contribution in [3.63, 3.8) is 0 Å². The summed E-state index contributed by atoms with van der Waals surface area (Å²) in [6, 6.07) is 11.0. The van der Waals surface area contributed by atoms with E-state index in [1.165, 1.54) is 27.7 Å². The molecular weight excluding hydrogens is 322 g/mol. The van der Waals surface area contributed by atoms with Crippen molar-refractivity contribution in [3.8, 4) is 0 Å². The molecule has 3 aromatic rings. The maximum atomic E-state index is 11.2. The maximum Gasteiger partial charge on any atom is 0.105 e. The van der Waals surface area contributed by atoms with Gasteiger partial charge in [0.25, 0.3) is 0 Å². The van der Waals surface area contributed by atoms with Crippen LogP contribution in [-0.2, 0) is 25.1 Å². The minimum absolute atomic E-state index is 0.498. The Morgan fingerprint density at radius 1 is 1.23 bits per heavy atom. The molecule has 136 valence electrons. The fourth-order valence-corrected chi connectivity index (χ4v) is 4.13. The molecule has 1 aliphatic heterocycles. The van der Waals surface area contributed by atoms with Crippen LogP contribution in [0.2, 0.25) is 0 Å². The number of fused-ring (bicyclic) bond motifs is 3. The molecule has 0 saturated heterocycles. The van der Waals surface area contributed by atoms with Crippen LogP contribution >= 0.6 is 0 Å². The summed E-state index contributed by atoms with van der Waals surface area (Å²) in [4.78, 5) is 6.49. The number of hydrogen-bond acceptors (Lipinski definition) is 3. The van der Waals surface area contributed by atoms with E-state index in [0.29, 0.717) is 12.6 Å². The lowest BCUT2D eigenvalue weighted by Crippen LogP contribution is -2.36. The van der Waals surface area contributed by atoms with Gasteiger partial charge in [0.15, 0.2) is 0 Å². The van der Waals surface area contributed by atoms with Gasteiger partial charge < -0.3 is 9.67 Å². The summed E-state index contributed by atoms with van der Waals surface area (Å²) in [7, 11) is 2.19. The minimum Gasteiger partial charge on any atom is -0.384 e. The van der Waals surface area contributed by atoms with Gasteiger partial charge in [-0.2, -0.15) is 0 Å². The number of aromatic nitrogens is 2. The average molecular weight is 349 g/mol. The van der Waals surface area contributed by atoms with Crippen LogP contribution in [0.5, 0.6) is 0 Å². The van der Waals surface area contributed by atoms with E-state index in [4.69, 9.17) is 0 Å². The quantitative estimate of drug-likeness (QED) is 0.785. The largest absolute Gasteiger partial charge is 0.384 e. The fraction of sp³-hybridized carbons (Fsp3) is 0.409. The first-order chi connectivity index (χ1) is 12.4. The van der Waals surface area contributed by atoms with E-state index in [2.05, 4.69) is 53.5 Å². The summed E-state index contributed by atoms with van der Waals surface area (Å²) in [6.45, 7) is 7.82. The molecule has 4 heteroatoms. The molecule has 26 heavy (non-hydrogen) atoms. The molecule has 4 rings (SSSR count). The highest BCUT2D eigenvalue weighted by molar-refractivity contribution is 5.86. The summed E-state index contributed by atoms with van der Waals surface area (Å²) < 4.78 is 2.34. The number of nitrogens with zero attached hydrogens (tertiary/aromatic N) is 3. The normalized spacial score (nSPS) is 20.1. The summed E-state index contributed by atoms with van der Waals surface area (Å²) in [5.41, 5.74) is 5.23. The first kappa shape index (κ1) is 17.3. The van der Waals surface area contributed by atoms with Crippen molar-refractivity contribution in [2.75, 3.05) is 7.05 Å². The Morgan fingerprint density at radius 3 is 2.69 bits per heavy atom. The Balaban J connectivity index is 1.86. The highest BCUT2D eigenvalue weighted by Crippen LogP contribution is 2.35. The highest BCUT2D eigenvalue weighted by atomic mass is 16.3. The van der Waals surface area contributed by atoms with Crippen molar-refractivity contribution in [3.05, 3.63) is 65.1 Å². The average Bonchev–Trinajstić information content (AvgIpc) is 2.88. The highest BCUT2D eigenvalue weighted by Gasteiger charge is 2.30. The van der Waals surface area contributed by atoms with Crippen molar-refractivity contribution in [2.45, 2.75) is 51.9 Å². The first-order valence-corrected chi connectivity index (χ1v) is 9.30. The number of rotatable bonds is 3. The van der Waals surface area contributed by atoms with Crippen LogP contribution in [0.15, 0.2) is 42.7 Å². The van der Waals surface area contributed by atoms with Crippen LogP contribution < -0.4 is 0 Å². The lowest BCUT2D eigenvalue weighted by atomic mass is 9.96. The third-order valence-electron chi connectivity index (χ3n) is 5.86. The molecule has 1 N–H and O–H groups in total. The van der Waals surface area contributed by atoms with Gasteiger partial charge in [-0.15, -0.1) is 0 Å². The van der Waals surface area contributed by atoms with Crippen LogP contribution in [0, 0.1) is 6.92 Å². The molecule has 2 aromatic heterocycles. The van der Waals surface area contributed by atoms with Crippen LogP contribution in [0.4, 0.5) is 0 Å². The van der Waals surface area contributed by atoms with Gasteiger partial charge in [0, 0.05) is 48.0 Å². The molecule has 1 aliphatic rings. The van der Waals surface area contributed by atoms with Gasteiger partial charge in [-0.05, 0) is 63.2 Å². The van der Waals surface area contributed by atoms with Gasteiger partial charge >= 0.3 is 0 Å². The van der Waals surface area contributed by atoms with Crippen molar-refractivity contribution < 1.29 is 5.11 Å². The molecule has 0 saturated carbocycles. The second kappa shape index (κ2) is 6.22. The minimum atomic E-state index is -0.944. The lowest BCUT2D eigenvalue weighted by molar-refractivity contribution is 0.0381. The van der Waals surface area contributed by atoms with Gasteiger partial charge in [0.2, 0.25) is 0 Å². The first-order valence-electron chi connectivity index (χ1n) is 9.30. The zero-order chi connectivity index (χ0) is 18.5. The van der Waals surface area contributed by atoms with Gasteiger partial charge in [0.1, 0.15) is 5.60 Å². The number of hydrogen-bond donors (Lipinski definition) is 1. The Labute approximate surface area is 155 Å². The third kappa shape index (κ3) is 2.83. The van der Waals surface area contributed by atoms with Crippen molar-refractivity contribution in [1.82, 2.24) is 14.5 Å². The van der Waals surface area contributed by atoms with E-state index in [9.17, 15) is 5.11 Å². The smallest absolute Gasteiger partial charge is 0.105 e. The van der Waals surface area contributed by atoms with E-state index < -0.39 is 5.60 Å². The number of aliphatic hydroxyl groups is 1. The van der Waals surface area contributed by atoms with Crippen molar-refractivity contribution >= 4 is 10.9 Å². The molecule has 2 atom stereocenters. The van der Waals surface area contributed by atoms with Crippen LogP contribution in [0.1, 0.15) is 36.2 Å². The predicted octanol–water partition coefficient (Wildman–Crippen LogP) is 3.63. The van der Waals surface area contributed by atoms with E-state index in [1.54, 1.807) is 12.4 Å². The molecule has 1 aromatic carbocycles. The Kier molecular flexibility index (Phi) is 4.13. The standard InChI is InChI=1S/C22H27N3O/c1-15-5-6-20-18(11-15)19-13-24(4)16(2)12-21(19)25(20)14-22(3,26)17-7-9-23-10-8-17/h5-11,16,26H,12-14H2,1-4H3. The Morgan fingerprint density at radius 2 is 1.96 bits per heavy atom. The summed E-state index contributed by atoms with van der Waals surface area (Å²) in [5.74, 6) is 0. The molecule has 0 radical (unpaired) electrons. The molecule has 0 bridgehead atoms. The van der Waals surface area contributed by atoms with E-state index in [1.807, 2.05) is 19.1 Å². The summed E-state index contributed by atoms with van der Waals surface area (Å²) in [5, 5.41) is 12.6. The summed E-state index contributed by atoms with van der Waals surface area (Å²) in [6.07, 6.45) is 4.49. The fourth-order valence-electron chi connectivity index (χ4n) is 4.13. The SMILES string of the molecule is Cc1ccc2c(c1)c1c(n2CC(C)(O)c2ccncc2)CC(C)N(C)C1. The zero-order valence-electron chi connectivity index (χ0n) is 16.0. The molecule has 4 nitrogen and oxygen atoms in total. The van der Waals surface area contributed by atoms with E-state index in [-0.39, 0.29) is 0 Å².